The van der Waals surface area contributed by atoms with Crippen LogP contribution in [0.2, 0.25) is 0 Å². The Labute approximate surface area is 122 Å². The second-order valence-corrected chi connectivity index (χ2v) is 5.62. The van der Waals surface area contributed by atoms with Gasteiger partial charge in [-0.15, -0.1) is 0 Å². The Morgan fingerprint density at radius 3 is 2.86 bits per heavy atom. The predicted molar refractivity (Wildman–Crippen MR) is 82.4 cm³/mol. The van der Waals surface area contributed by atoms with E-state index in [0.29, 0.717) is 0 Å². The van der Waals surface area contributed by atoms with E-state index in [1.807, 2.05) is 13.0 Å². The highest BCUT2D eigenvalue weighted by molar-refractivity contribution is 5.93. The van der Waals surface area contributed by atoms with Crippen LogP contribution in [0.25, 0.3) is 10.9 Å². The van der Waals surface area contributed by atoms with Gasteiger partial charge in [0, 0.05) is 41.0 Å². The maximum absolute atomic E-state index is 11.0. The number of nitrogens with zero attached hydrogens (tertiary/aromatic N) is 2. The zero-order chi connectivity index (χ0) is 15.0. The van der Waals surface area contributed by atoms with Crippen LogP contribution in [0.15, 0.2) is 24.3 Å². The van der Waals surface area contributed by atoms with Gasteiger partial charge in [-0.05, 0) is 38.3 Å². The van der Waals surface area contributed by atoms with Crippen molar-refractivity contribution >= 4 is 22.3 Å². The Morgan fingerprint density at radius 2 is 2.19 bits per heavy atom. The molecule has 1 aliphatic rings. The molecule has 1 aliphatic carbocycles. The number of hydrogen-bond acceptors (Lipinski definition) is 5. The SMILES string of the molecule is Cc1cc(NC2CCCC2N)c2cc([N+](=O)[O-])ccc2n1. The summed E-state index contributed by atoms with van der Waals surface area (Å²) >= 11 is 0. The Kier molecular flexibility index (Phi) is 3.47. The summed E-state index contributed by atoms with van der Waals surface area (Å²) in [5.41, 5.74) is 8.69. The van der Waals surface area contributed by atoms with Crippen molar-refractivity contribution in [1.29, 1.82) is 0 Å². The van der Waals surface area contributed by atoms with E-state index in [2.05, 4.69) is 10.3 Å². The highest BCUT2D eigenvalue weighted by Crippen LogP contribution is 2.30. The maximum Gasteiger partial charge on any atom is 0.270 e. The number of non-ortho nitro benzene ring substituents is 1. The van der Waals surface area contributed by atoms with Crippen LogP contribution in [-0.2, 0) is 0 Å². The molecule has 0 amide bonds. The van der Waals surface area contributed by atoms with Gasteiger partial charge in [-0.25, -0.2) is 0 Å². The van der Waals surface area contributed by atoms with E-state index in [9.17, 15) is 10.1 Å². The third-order valence-electron chi connectivity index (χ3n) is 4.04. The van der Waals surface area contributed by atoms with Crippen molar-refractivity contribution in [2.24, 2.45) is 5.73 Å². The fraction of sp³-hybridized carbons (Fsp3) is 0.400. The molecular formula is C15H18N4O2. The van der Waals surface area contributed by atoms with Gasteiger partial charge >= 0.3 is 0 Å². The predicted octanol–water partition coefficient (Wildman–Crippen LogP) is 2.74. The molecule has 2 unspecified atom stereocenters. The first-order valence-electron chi connectivity index (χ1n) is 7.12. The molecule has 0 aliphatic heterocycles. The first-order chi connectivity index (χ1) is 10.0. The number of nitro benzene ring substituents is 1. The average molecular weight is 286 g/mol. The summed E-state index contributed by atoms with van der Waals surface area (Å²) in [7, 11) is 0. The summed E-state index contributed by atoms with van der Waals surface area (Å²) in [6.45, 7) is 1.92. The number of fused-ring (bicyclic) bond motifs is 1. The Hall–Kier alpha value is -2.21. The van der Waals surface area contributed by atoms with Gasteiger partial charge in [0.25, 0.3) is 5.69 Å². The van der Waals surface area contributed by atoms with Crippen LogP contribution >= 0.6 is 0 Å². The number of nitrogens with two attached hydrogens (primary N) is 1. The van der Waals surface area contributed by atoms with Crippen molar-refractivity contribution in [3.05, 3.63) is 40.1 Å². The molecule has 1 fully saturated rings. The molecule has 1 aromatic carbocycles. The molecule has 2 aromatic rings. The fourth-order valence-electron chi connectivity index (χ4n) is 2.95. The van der Waals surface area contributed by atoms with Crippen molar-refractivity contribution < 1.29 is 4.92 Å². The van der Waals surface area contributed by atoms with E-state index >= 15 is 0 Å². The largest absolute Gasteiger partial charge is 0.380 e. The number of hydrogen-bond donors (Lipinski definition) is 2. The van der Waals surface area contributed by atoms with Crippen LogP contribution in [0.5, 0.6) is 0 Å². The van der Waals surface area contributed by atoms with Gasteiger partial charge in [-0.2, -0.15) is 0 Å². The van der Waals surface area contributed by atoms with E-state index in [-0.39, 0.29) is 22.7 Å². The minimum absolute atomic E-state index is 0.0759. The minimum atomic E-state index is -0.385. The van der Waals surface area contributed by atoms with Crippen molar-refractivity contribution in [3.63, 3.8) is 0 Å². The van der Waals surface area contributed by atoms with Crippen LogP contribution < -0.4 is 11.1 Å². The molecule has 1 heterocycles. The average Bonchev–Trinajstić information content (AvgIpc) is 2.83. The van der Waals surface area contributed by atoms with Crippen LogP contribution in [0.4, 0.5) is 11.4 Å². The molecule has 6 heteroatoms. The molecule has 1 saturated carbocycles. The third kappa shape index (κ3) is 2.67. The topological polar surface area (TPSA) is 94.1 Å². The third-order valence-corrected chi connectivity index (χ3v) is 4.04. The molecule has 3 rings (SSSR count). The number of pyridine rings is 1. The molecule has 0 bridgehead atoms. The quantitative estimate of drug-likeness (QED) is 0.668. The molecule has 21 heavy (non-hydrogen) atoms. The van der Waals surface area contributed by atoms with Gasteiger partial charge < -0.3 is 11.1 Å². The van der Waals surface area contributed by atoms with Crippen molar-refractivity contribution in [3.8, 4) is 0 Å². The molecule has 1 aromatic heterocycles. The molecule has 0 spiro atoms. The fourth-order valence-corrected chi connectivity index (χ4v) is 2.95. The number of nitro groups is 1. The lowest BCUT2D eigenvalue weighted by Gasteiger charge is -2.20. The number of anilines is 1. The summed E-state index contributed by atoms with van der Waals surface area (Å²) in [6, 6.07) is 7.03. The Bertz CT molecular complexity index is 701. The monoisotopic (exact) mass is 286 g/mol. The zero-order valence-electron chi connectivity index (χ0n) is 11.9. The van der Waals surface area contributed by atoms with E-state index in [1.54, 1.807) is 12.1 Å². The number of aromatic nitrogens is 1. The van der Waals surface area contributed by atoms with Crippen LogP contribution in [0.3, 0.4) is 0 Å². The second kappa shape index (κ2) is 5.29. The smallest absolute Gasteiger partial charge is 0.270 e. The summed E-state index contributed by atoms with van der Waals surface area (Å²) < 4.78 is 0. The summed E-state index contributed by atoms with van der Waals surface area (Å²) in [6.07, 6.45) is 3.15. The van der Waals surface area contributed by atoms with E-state index in [4.69, 9.17) is 5.73 Å². The summed E-state index contributed by atoms with van der Waals surface area (Å²) in [5, 5.41) is 15.2. The molecule has 3 N–H and O–H groups in total. The lowest BCUT2D eigenvalue weighted by molar-refractivity contribution is -0.384. The highest BCUT2D eigenvalue weighted by Gasteiger charge is 2.24. The molecule has 0 saturated heterocycles. The zero-order valence-corrected chi connectivity index (χ0v) is 11.9. The summed E-state index contributed by atoms with van der Waals surface area (Å²) in [5.74, 6) is 0. The number of aryl methyl sites for hydroxylation is 1. The minimum Gasteiger partial charge on any atom is -0.380 e. The first-order valence-corrected chi connectivity index (χ1v) is 7.12. The van der Waals surface area contributed by atoms with Gasteiger partial charge in [-0.1, -0.05) is 0 Å². The second-order valence-electron chi connectivity index (χ2n) is 5.62. The van der Waals surface area contributed by atoms with Crippen molar-refractivity contribution in [1.82, 2.24) is 4.98 Å². The Balaban J connectivity index is 2.06. The van der Waals surface area contributed by atoms with E-state index < -0.39 is 0 Å². The number of nitrogens with one attached hydrogen (secondary N) is 1. The van der Waals surface area contributed by atoms with Gasteiger partial charge in [0.1, 0.15) is 0 Å². The highest BCUT2D eigenvalue weighted by atomic mass is 16.6. The van der Waals surface area contributed by atoms with Gasteiger partial charge in [0.15, 0.2) is 0 Å². The normalized spacial score (nSPS) is 21.6. The van der Waals surface area contributed by atoms with Crippen LogP contribution in [0, 0.1) is 17.0 Å². The Morgan fingerprint density at radius 1 is 1.38 bits per heavy atom. The van der Waals surface area contributed by atoms with Gasteiger partial charge in [0.05, 0.1) is 10.4 Å². The van der Waals surface area contributed by atoms with Gasteiger partial charge in [-0.3, -0.25) is 15.1 Å². The molecule has 0 radical (unpaired) electrons. The number of benzene rings is 1. The van der Waals surface area contributed by atoms with Crippen LogP contribution in [0.1, 0.15) is 25.0 Å². The maximum atomic E-state index is 11.0. The molecule has 2 atom stereocenters. The standard InChI is InChI=1S/C15H18N4O2/c1-9-7-15(18-14-4-2-3-12(14)16)11-8-10(19(20)21)5-6-13(11)17-9/h5-8,12,14H,2-4,16H2,1H3,(H,17,18). The van der Waals surface area contributed by atoms with Crippen LogP contribution in [-0.4, -0.2) is 22.0 Å². The number of rotatable bonds is 3. The van der Waals surface area contributed by atoms with Crippen molar-refractivity contribution in [2.45, 2.75) is 38.3 Å². The van der Waals surface area contributed by atoms with E-state index in [1.165, 1.54) is 6.07 Å². The first kappa shape index (κ1) is 13.8. The molecular weight excluding hydrogens is 268 g/mol. The van der Waals surface area contributed by atoms with Gasteiger partial charge in [0.2, 0.25) is 0 Å². The molecule has 6 nitrogen and oxygen atoms in total. The summed E-state index contributed by atoms with van der Waals surface area (Å²) in [4.78, 5) is 15.0. The molecule has 110 valence electrons. The lowest BCUT2D eigenvalue weighted by Crippen LogP contribution is -2.35. The lowest BCUT2D eigenvalue weighted by atomic mass is 10.1. The van der Waals surface area contributed by atoms with E-state index in [0.717, 1.165) is 41.5 Å². The van der Waals surface area contributed by atoms with Crippen molar-refractivity contribution in [2.75, 3.05) is 5.32 Å².